The number of aldehydes is 1. The molecular formula is C20H20N4O5. The van der Waals surface area contributed by atoms with E-state index in [4.69, 9.17) is 14.7 Å². The first kappa shape index (κ1) is 20.2. The van der Waals surface area contributed by atoms with Crippen LogP contribution < -0.4 is 4.74 Å². The van der Waals surface area contributed by atoms with Gasteiger partial charge >= 0.3 is 0 Å². The smallest absolute Gasteiger partial charge is 0.274 e. The van der Waals surface area contributed by atoms with E-state index >= 15 is 0 Å². The number of hydrogen-bond acceptors (Lipinski definition) is 8. The molecule has 1 aromatic heterocycles. The third-order valence-corrected chi connectivity index (χ3v) is 4.53. The average Bonchev–Trinajstić information content (AvgIpc) is 2.76. The Morgan fingerprint density at radius 1 is 1.41 bits per heavy atom. The predicted octanol–water partition coefficient (Wildman–Crippen LogP) is 1.37. The van der Waals surface area contributed by atoms with Gasteiger partial charge in [-0.1, -0.05) is 6.07 Å². The summed E-state index contributed by atoms with van der Waals surface area (Å²) in [5.41, 5.74) is 0.733. The van der Waals surface area contributed by atoms with Crippen molar-refractivity contribution in [3.05, 3.63) is 47.5 Å². The van der Waals surface area contributed by atoms with Crippen LogP contribution in [0.1, 0.15) is 33.0 Å². The average molecular weight is 396 g/mol. The Morgan fingerprint density at radius 2 is 2.24 bits per heavy atom. The van der Waals surface area contributed by atoms with Gasteiger partial charge in [0.15, 0.2) is 6.29 Å². The van der Waals surface area contributed by atoms with E-state index in [0.29, 0.717) is 31.6 Å². The molecule has 2 heterocycles. The van der Waals surface area contributed by atoms with Gasteiger partial charge in [0.2, 0.25) is 0 Å². The van der Waals surface area contributed by atoms with Crippen molar-refractivity contribution in [2.24, 2.45) is 0 Å². The first-order valence-corrected chi connectivity index (χ1v) is 9.11. The quantitative estimate of drug-likeness (QED) is 0.696. The maximum absolute atomic E-state index is 13.1. The molecule has 29 heavy (non-hydrogen) atoms. The van der Waals surface area contributed by atoms with E-state index in [2.05, 4.69) is 9.97 Å². The highest BCUT2D eigenvalue weighted by Gasteiger charge is 2.31. The lowest BCUT2D eigenvalue weighted by molar-refractivity contribution is -0.0154. The topological polar surface area (TPSA) is 126 Å². The van der Waals surface area contributed by atoms with Gasteiger partial charge in [0.05, 0.1) is 36.6 Å². The molecule has 1 aliphatic heterocycles. The summed E-state index contributed by atoms with van der Waals surface area (Å²) in [6.45, 7) is 1.06. The Labute approximate surface area is 167 Å². The van der Waals surface area contributed by atoms with E-state index in [1.54, 1.807) is 17.0 Å². The molecule has 9 nitrogen and oxygen atoms in total. The number of morpholine rings is 1. The Balaban J connectivity index is 1.77. The highest BCUT2D eigenvalue weighted by molar-refractivity contribution is 5.93. The van der Waals surface area contributed by atoms with Crippen molar-refractivity contribution >= 4 is 12.2 Å². The lowest BCUT2D eigenvalue weighted by Crippen LogP contribution is -2.51. The fourth-order valence-electron chi connectivity index (χ4n) is 3.06. The minimum absolute atomic E-state index is 0.0508. The maximum Gasteiger partial charge on any atom is 0.274 e. The number of phenols is 1. The molecule has 0 unspecified atom stereocenters. The molecule has 0 saturated carbocycles. The van der Waals surface area contributed by atoms with E-state index in [0.717, 1.165) is 0 Å². The van der Waals surface area contributed by atoms with Gasteiger partial charge in [-0.2, -0.15) is 5.26 Å². The van der Waals surface area contributed by atoms with Crippen LogP contribution in [-0.2, 0) is 11.2 Å². The molecular weight excluding hydrogens is 376 g/mol. The van der Waals surface area contributed by atoms with Gasteiger partial charge in [0, 0.05) is 31.8 Å². The van der Waals surface area contributed by atoms with Crippen LogP contribution >= 0.6 is 0 Å². The van der Waals surface area contributed by atoms with E-state index in [9.17, 15) is 14.7 Å². The molecule has 0 aliphatic carbocycles. The molecule has 9 heteroatoms. The fourth-order valence-corrected chi connectivity index (χ4v) is 3.06. The molecule has 2 aromatic rings. The number of carbonyl (C=O) groups excluding carboxylic acids is 2. The lowest BCUT2D eigenvalue weighted by Gasteiger charge is -2.35. The number of phenolic OH excluding ortho intramolecular Hbond substituents is 1. The first-order chi connectivity index (χ1) is 14.2. The SMILES string of the molecule is N#CCCc1nccnc1C(=O)N1CCOC[C@H]1COc1cccc(O)c1C=O. The van der Waals surface area contributed by atoms with Crippen LogP contribution in [0.2, 0.25) is 0 Å². The molecule has 1 atom stereocenters. The monoisotopic (exact) mass is 396 g/mol. The summed E-state index contributed by atoms with van der Waals surface area (Å²) in [5, 5.41) is 18.6. The minimum Gasteiger partial charge on any atom is -0.507 e. The summed E-state index contributed by atoms with van der Waals surface area (Å²) in [7, 11) is 0. The molecule has 1 aliphatic rings. The Hall–Kier alpha value is -3.51. The van der Waals surface area contributed by atoms with Crippen molar-refractivity contribution in [3.8, 4) is 17.6 Å². The van der Waals surface area contributed by atoms with Crippen LogP contribution in [-0.4, -0.2) is 64.6 Å². The van der Waals surface area contributed by atoms with Gasteiger partial charge in [0.1, 0.15) is 23.8 Å². The molecule has 1 amide bonds. The number of ether oxygens (including phenoxy) is 2. The molecule has 1 fully saturated rings. The van der Waals surface area contributed by atoms with Crippen LogP contribution in [0.25, 0.3) is 0 Å². The number of aryl methyl sites for hydroxylation is 1. The van der Waals surface area contributed by atoms with E-state index < -0.39 is 6.04 Å². The largest absolute Gasteiger partial charge is 0.507 e. The number of nitriles is 1. The molecule has 150 valence electrons. The summed E-state index contributed by atoms with van der Waals surface area (Å²) in [6.07, 6.45) is 4.03. The van der Waals surface area contributed by atoms with Crippen LogP contribution in [0.4, 0.5) is 0 Å². The summed E-state index contributed by atoms with van der Waals surface area (Å²) >= 11 is 0. The third kappa shape index (κ3) is 4.67. The van der Waals surface area contributed by atoms with Gasteiger partial charge in [-0.25, -0.2) is 4.98 Å². The van der Waals surface area contributed by atoms with Crippen molar-refractivity contribution in [3.63, 3.8) is 0 Å². The van der Waals surface area contributed by atoms with Gasteiger partial charge in [-0.05, 0) is 12.1 Å². The van der Waals surface area contributed by atoms with Crippen molar-refractivity contribution < 1.29 is 24.2 Å². The van der Waals surface area contributed by atoms with E-state index in [1.165, 1.54) is 18.5 Å². The number of carbonyl (C=O) groups is 2. The summed E-state index contributed by atoms with van der Waals surface area (Å²) < 4.78 is 11.2. The van der Waals surface area contributed by atoms with Gasteiger partial charge in [-0.3, -0.25) is 14.6 Å². The zero-order valence-corrected chi connectivity index (χ0v) is 15.7. The summed E-state index contributed by atoms with van der Waals surface area (Å²) in [5.74, 6) is -0.256. The molecule has 0 bridgehead atoms. The Morgan fingerprint density at radius 3 is 3.03 bits per heavy atom. The number of nitrogens with zero attached hydrogens (tertiary/aromatic N) is 4. The van der Waals surface area contributed by atoms with Crippen LogP contribution in [0, 0.1) is 11.3 Å². The fraction of sp³-hybridized carbons (Fsp3) is 0.350. The van der Waals surface area contributed by atoms with Crippen LogP contribution in [0.15, 0.2) is 30.6 Å². The Bertz CT molecular complexity index is 927. The van der Waals surface area contributed by atoms with E-state index in [1.807, 2.05) is 6.07 Å². The third-order valence-electron chi connectivity index (χ3n) is 4.53. The molecule has 3 rings (SSSR count). The number of aromatic hydroxyl groups is 1. The standard InChI is InChI=1S/C20H20N4O5/c21-6-2-3-16-19(23-8-7-22-16)20(27)24-9-10-28-12-14(24)13-29-18-5-1-4-17(26)15(18)11-25/h1,4-5,7-8,11,14,26H,2-3,9-10,12-13H2/t14-/m0/s1. The zero-order chi connectivity index (χ0) is 20.6. The Kier molecular flexibility index (Phi) is 6.71. The first-order valence-electron chi connectivity index (χ1n) is 9.11. The number of aromatic nitrogens is 2. The zero-order valence-electron chi connectivity index (χ0n) is 15.7. The van der Waals surface area contributed by atoms with Gasteiger partial charge in [-0.15, -0.1) is 0 Å². The molecule has 1 saturated heterocycles. The van der Waals surface area contributed by atoms with Crippen molar-refractivity contribution in [2.45, 2.75) is 18.9 Å². The summed E-state index contributed by atoms with van der Waals surface area (Å²) in [6, 6.07) is 6.17. The van der Waals surface area contributed by atoms with Gasteiger partial charge < -0.3 is 19.5 Å². The number of rotatable bonds is 7. The van der Waals surface area contributed by atoms with E-state index in [-0.39, 0.29) is 48.3 Å². The lowest BCUT2D eigenvalue weighted by atomic mass is 10.1. The number of amides is 1. The highest BCUT2D eigenvalue weighted by Crippen LogP contribution is 2.26. The van der Waals surface area contributed by atoms with Crippen molar-refractivity contribution in [2.75, 3.05) is 26.4 Å². The predicted molar refractivity (Wildman–Crippen MR) is 101 cm³/mol. The molecule has 0 radical (unpaired) electrons. The maximum atomic E-state index is 13.1. The molecule has 0 spiro atoms. The highest BCUT2D eigenvalue weighted by atomic mass is 16.5. The van der Waals surface area contributed by atoms with Crippen LogP contribution in [0.5, 0.6) is 11.5 Å². The number of hydrogen-bond donors (Lipinski definition) is 1. The molecule has 1 aromatic carbocycles. The second-order valence-corrected chi connectivity index (χ2v) is 6.35. The van der Waals surface area contributed by atoms with Crippen LogP contribution in [0.3, 0.4) is 0 Å². The van der Waals surface area contributed by atoms with Crippen molar-refractivity contribution in [1.82, 2.24) is 14.9 Å². The van der Waals surface area contributed by atoms with Crippen molar-refractivity contribution in [1.29, 1.82) is 5.26 Å². The second-order valence-electron chi connectivity index (χ2n) is 6.35. The second kappa shape index (κ2) is 9.61. The minimum atomic E-state index is -0.413. The van der Waals surface area contributed by atoms with Gasteiger partial charge in [0.25, 0.3) is 5.91 Å². The number of benzene rings is 1. The summed E-state index contributed by atoms with van der Waals surface area (Å²) in [4.78, 5) is 34.3. The normalized spacial score (nSPS) is 16.1. The molecule has 1 N–H and O–H groups in total.